The molecule has 6 aromatic rings. The van der Waals surface area contributed by atoms with Gasteiger partial charge in [0.2, 0.25) is 0 Å². The number of nitrogens with two attached hydrogens (primary N) is 1. The number of nitrogens with zero attached hydrogens (tertiary/aromatic N) is 7. The highest BCUT2D eigenvalue weighted by Gasteiger charge is 2.35. The van der Waals surface area contributed by atoms with E-state index in [1.54, 1.807) is 13.2 Å². The molecule has 3 N–H and O–H groups in total. The summed E-state index contributed by atoms with van der Waals surface area (Å²) in [4.78, 5) is 12.2. The average Bonchev–Trinajstić information content (AvgIpc) is 3.92. The summed E-state index contributed by atoms with van der Waals surface area (Å²) in [5, 5.41) is 24.3. The van der Waals surface area contributed by atoms with Crippen molar-refractivity contribution in [3.63, 3.8) is 0 Å². The van der Waals surface area contributed by atoms with Gasteiger partial charge in [-0.1, -0.05) is 61.0 Å². The number of nitriles is 1. The summed E-state index contributed by atoms with van der Waals surface area (Å²) in [7, 11) is 1.62. The number of anilines is 2. The lowest BCUT2D eigenvalue weighted by molar-refractivity contribution is 0.0682. The second-order valence-electron chi connectivity index (χ2n) is 15.0. The molecule has 5 heterocycles. The van der Waals surface area contributed by atoms with Gasteiger partial charge < -0.3 is 30.2 Å². The lowest BCUT2D eigenvalue weighted by Gasteiger charge is -2.34. The molecule has 0 amide bonds. The van der Waals surface area contributed by atoms with E-state index in [1.165, 1.54) is 6.07 Å². The molecule has 0 radical (unpaired) electrons. The first-order valence-corrected chi connectivity index (χ1v) is 20.0. The summed E-state index contributed by atoms with van der Waals surface area (Å²) in [6, 6.07) is 15.9. The number of nitrogen functional groups attached to an aromatic ring is 1. The zero-order valence-corrected chi connectivity index (χ0v) is 33.4. The number of ether oxygens (including phenoxy) is 3. The predicted octanol–water partition coefficient (Wildman–Crippen LogP) is 8.17. The molecular formula is C41H43ClFN9O3S. The molecule has 2 fully saturated rings. The molecule has 290 valence electrons. The van der Waals surface area contributed by atoms with Gasteiger partial charge in [0.05, 0.1) is 33.6 Å². The molecule has 56 heavy (non-hydrogen) atoms. The number of rotatable bonds is 12. The summed E-state index contributed by atoms with van der Waals surface area (Å²) in [6.45, 7) is 10.2. The van der Waals surface area contributed by atoms with E-state index < -0.39 is 5.82 Å². The van der Waals surface area contributed by atoms with Gasteiger partial charge >= 0.3 is 6.01 Å². The van der Waals surface area contributed by atoms with Gasteiger partial charge in [0.15, 0.2) is 5.75 Å². The number of fused-ring (bicyclic) bond motifs is 4. The molecule has 3 aromatic carbocycles. The summed E-state index contributed by atoms with van der Waals surface area (Å²) >= 11 is 8.33. The van der Waals surface area contributed by atoms with Crippen LogP contribution in [-0.4, -0.2) is 70.0 Å². The van der Waals surface area contributed by atoms with Crippen LogP contribution in [0.3, 0.4) is 0 Å². The summed E-state index contributed by atoms with van der Waals surface area (Å²) in [5.74, 6) is 0.949. The fourth-order valence-corrected chi connectivity index (χ4v) is 8.69. The van der Waals surface area contributed by atoms with Gasteiger partial charge in [0.25, 0.3) is 0 Å². The third-order valence-corrected chi connectivity index (χ3v) is 12.3. The van der Waals surface area contributed by atoms with Crippen LogP contribution in [0.5, 0.6) is 11.8 Å². The van der Waals surface area contributed by atoms with Crippen LogP contribution in [-0.2, 0) is 11.3 Å². The minimum Gasteiger partial charge on any atom is -0.486 e. The van der Waals surface area contributed by atoms with Crippen LogP contribution in [0.15, 0.2) is 48.7 Å². The summed E-state index contributed by atoms with van der Waals surface area (Å²) < 4.78 is 35.9. The van der Waals surface area contributed by atoms with Crippen LogP contribution in [0.25, 0.3) is 43.4 Å². The van der Waals surface area contributed by atoms with Crippen molar-refractivity contribution in [2.75, 3.05) is 37.4 Å². The second kappa shape index (κ2) is 15.5. The highest BCUT2D eigenvalue weighted by Crippen LogP contribution is 2.49. The van der Waals surface area contributed by atoms with E-state index in [0.29, 0.717) is 62.0 Å². The number of aromatic nitrogens is 5. The molecule has 3 aromatic heterocycles. The van der Waals surface area contributed by atoms with Crippen LogP contribution in [0.4, 0.5) is 15.2 Å². The van der Waals surface area contributed by atoms with Gasteiger partial charge in [-0.3, -0.25) is 0 Å². The highest BCUT2D eigenvalue weighted by molar-refractivity contribution is 7.23. The van der Waals surface area contributed by atoms with Gasteiger partial charge in [-0.15, -0.1) is 16.4 Å². The van der Waals surface area contributed by atoms with E-state index >= 15 is 4.39 Å². The zero-order valence-electron chi connectivity index (χ0n) is 31.8. The van der Waals surface area contributed by atoms with Crippen LogP contribution < -0.4 is 25.4 Å². The van der Waals surface area contributed by atoms with Crippen LogP contribution >= 0.6 is 22.9 Å². The Hall–Kier alpha value is -5.07. The maximum absolute atomic E-state index is 15.3. The molecule has 0 saturated carbocycles. The van der Waals surface area contributed by atoms with E-state index in [2.05, 4.69) is 47.4 Å². The smallest absolute Gasteiger partial charge is 0.319 e. The maximum Gasteiger partial charge on any atom is 0.319 e. The molecule has 2 saturated heterocycles. The number of piperazine rings is 1. The van der Waals surface area contributed by atoms with E-state index in [0.717, 1.165) is 54.1 Å². The van der Waals surface area contributed by atoms with E-state index in [4.69, 9.17) is 41.5 Å². The number of benzene rings is 3. The van der Waals surface area contributed by atoms with Crippen molar-refractivity contribution >= 4 is 54.7 Å². The Morgan fingerprint density at radius 3 is 2.52 bits per heavy atom. The Bertz CT molecular complexity index is 2450. The van der Waals surface area contributed by atoms with Gasteiger partial charge in [-0.25, -0.2) is 9.07 Å². The fraction of sp³-hybridized carbons (Fsp3) is 0.390. The molecular weight excluding hydrogens is 753 g/mol. The quantitative estimate of drug-likeness (QED) is 0.124. The first kappa shape index (κ1) is 37.8. The number of hydrogen-bond acceptors (Lipinski definition) is 12. The molecule has 2 aliphatic heterocycles. The van der Waals surface area contributed by atoms with E-state index in [1.807, 2.05) is 48.1 Å². The van der Waals surface area contributed by atoms with Crippen molar-refractivity contribution in [3.05, 3.63) is 70.6 Å². The highest BCUT2D eigenvalue weighted by atomic mass is 35.5. The molecule has 8 rings (SSSR count). The van der Waals surface area contributed by atoms with Crippen molar-refractivity contribution < 1.29 is 18.6 Å². The summed E-state index contributed by atoms with van der Waals surface area (Å²) in [5.41, 5.74) is 10.4. The molecule has 2 aliphatic rings. The second-order valence-corrected chi connectivity index (χ2v) is 16.5. The van der Waals surface area contributed by atoms with Crippen LogP contribution in [0, 0.1) is 23.1 Å². The Morgan fingerprint density at radius 1 is 1.07 bits per heavy atom. The Morgan fingerprint density at radius 2 is 1.82 bits per heavy atom. The van der Waals surface area contributed by atoms with E-state index in [9.17, 15) is 5.26 Å². The molecule has 2 bridgehead atoms. The number of methoxy groups -OCH3 is 1. The Kier molecular flexibility index (Phi) is 10.4. The minimum atomic E-state index is -0.485. The fourth-order valence-electron chi connectivity index (χ4n) is 7.45. The van der Waals surface area contributed by atoms with Gasteiger partial charge in [-0.2, -0.15) is 15.2 Å². The maximum atomic E-state index is 15.3. The lowest BCUT2D eigenvalue weighted by Crippen LogP contribution is -2.51. The SMILES string of the molecule is CO[C@@H](C)COc1nc(N2CC3CCC(C2)N3)c2cc(Cl)c(-c3ccc(F)c4sc(N)c(C#N)c34)c(OCc3ccc(-c4cn(C(C)C(C)C)nn4)cc3)c2n1. The molecule has 0 spiro atoms. The molecule has 0 aliphatic carbocycles. The predicted molar refractivity (Wildman–Crippen MR) is 218 cm³/mol. The van der Waals surface area contributed by atoms with E-state index in [-0.39, 0.29) is 46.6 Å². The first-order chi connectivity index (χ1) is 27.0. The van der Waals surface area contributed by atoms with Crippen molar-refractivity contribution in [1.29, 1.82) is 5.26 Å². The van der Waals surface area contributed by atoms with Crippen molar-refractivity contribution in [2.24, 2.45) is 5.92 Å². The monoisotopic (exact) mass is 795 g/mol. The lowest BCUT2D eigenvalue weighted by atomic mass is 9.96. The molecule has 12 nitrogen and oxygen atoms in total. The minimum absolute atomic E-state index is 0.134. The van der Waals surface area contributed by atoms with Crippen molar-refractivity contribution in [2.45, 2.75) is 71.4 Å². The van der Waals surface area contributed by atoms with Crippen molar-refractivity contribution in [3.8, 4) is 40.2 Å². The Labute approximate surface area is 333 Å². The molecule has 15 heteroatoms. The van der Waals surface area contributed by atoms with Crippen LogP contribution in [0.2, 0.25) is 5.02 Å². The molecule has 3 unspecified atom stereocenters. The number of thiophene rings is 1. The topological polar surface area (TPSA) is 149 Å². The van der Waals surface area contributed by atoms with Gasteiger partial charge in [-0.05, 0) is 55.9 Å². The van der Waals surface area contributed by atoms with Gasteiger partial charge in [0, 0.05) is 54.2 Å². The Balaban J connectivity index is 1.27. The first-order valence-electron chi connectivity index (χ1n) is 18.8. The standard InChI is InChI=1S/C41H43ClFN9O3S/c1-21(2)23(4)52-18-33(49-50-52)25-8-6-24(7-9-25)20-54-37-35(28-12-13-32(43)38-34(28)30(15-44)39(45)56-38)31(42)14-29-36(37)47-41(55-19-22(3)53-5)48-40(29)51-16-26-10-11-27(17-51)46-26/h6-9,12-14,18,21-23,26-27,46H,10-11,16-17,19-20,45H2,1-5H3/t22-,23?,26?,27?/m0/s1. The number of nitrogens with one attached hydrogen (secondary N) is 1. The van der Waals surface area contributed by atoms with Crippen LogP contribution in [0.1, 0.15) is 57.7 Å². The molecule has 4 atom stereocenters. The summed E-state index contributed by atoms with van der Waals surface area (Å²) in [6.07, 6.45) is 3.91. The third kappa shape index (κ3) is 7.09. The zero-order chi connectivity index (χ0) is 39.2. The number of halogens is 2. The largest absolute Gasteiger partial charge is 0.486 e. The third-order valence-electron chi connectivity index (χ3n) is 10.9. The van der Waals surface area contributed by atoms with Crippen molar-refractivity contribution in [1.82, 2.24) is 30.3 Å². The van der Waals surface area contributed by atoms with Gasteiger partial charge in [0.1, 0.15) is 47.1 Å². The number of hydrogen-bond donors (Lipinski definition) is 2. The normalized spacial score (nSPS) is 17.8. The average molecular weight is 796 g/mol.